The third kappa shape index (κ3) is 6.75. The highest BCUT2D eigenvalue weighted by Gasteiger charge is 2.15. The molecule has 0 spiro atoms. The molecule has 0 atom stereocenters. The van der Waals surface area contributed by atoms with Gasteiger partial charge < -0.3 is 5.32 Å². The van der Waals surface area contributed by atoms with Gasteiger partial charge in [-0.25, -0.2) is 14.4 Å². The van der Waals surface area contributed by atoms with E-state index in [1.165, 1.54) is 12.1 Å². The van der Waals surface area contributed by atoms with Crippen LogP contribution < -0.4 is 5.32 Å². The average molecular weight is 418 g/mol. The lowest BCUT2D eigenvalue weighted by molar-refractivity contribution is 0.651. The Labute approximate surface area is 176 Å². The minimum atomic E-state index is -0.438. The SMILES string of the molecule is C=C.C=C(Nc1nc(-c2ccc(F)s2)nc(C)c1CCC)/C(F)=C\C(=C/C)CC. The van der Waals surface area contributed by atoms with Crippen LogP contribution in [0.4, 0.5) is 14.6 Å². The molecule has 0 aromatic carbocycles. The van der Waals surface area contributed by atoms with Crippen molar-refractivity contribution < 1.29 is 8.78 Å². The van der Waals surface area contributed by atoms with Crippen LogP contribution in [0.2, 0.25) is 0 Å². The van der Waals surface area contributed by atoms with Crippen LogP contribution in [0.25, 0.3) is 10.7 Å². The normalized spacial score (nSPS) is 11.7. The summed E-state index contributed by atoms with van der Waals surface area (Å²) in [5, 5.41) is 2.71. The Bertz CT molecular complexity index is 898. The maximum Gasteiger partial charge on any atom is 0.177 e. The summed E-state index contributed by atoms with van der Waals surface area (Å²) in [6.45, 7) is 17.6. The van der Waals surface area contributed by atoms with Crippen LogP contribution in [0.3, 0.4) is 0 Å². The van der Waals surface area contributed by atoms with Gasteiger partial charge in [0.05, 0.1) is 10.6 Å². The number of anilines is 1. The standard InChI is InChI=1S/C21H25F2N3S.C2H4/c1-6-9-16-13(4)24-21(18-10-11-19(23)27-18)26-20(16)25-14(5)17(22)12-15(7-2)8-3;1-2/h7,10-12H,5-6,8-9H2,1-4H3,(H,24,25,26);1-2H2/b15-7-,17-12+;. The second-order valence-corrected chi connectivity index (χ2v) is 7.16. The molecule has 0 fully saturated rings. The van der Waals surface area contributed by atoms with Crippen LogP contribution in [0.1, 0.15) is 44.9 Å². The number of thiophene rings is 1. The van der Waals surface area contributed by atoms with E-state index in [2.05, 4.69) is 41.9 Å². The van der Waals surface area contributed by atoms with Gasteiger partial charge in [-0.1, -0.05) is 32.9 Å². The van der Waals surface area contributed by atoms with Crippen molar-refractivity contribution in [1.29, 1.82) is 0 Å². The molecule has 2 aromatic heterocycles. The lowest BCUT2D eigenvalue weighted by atomic mass is 10.1. The highest BCUT2D eigenvalue weighted by atomic mass is 32.1. The van der Waals surface area contributed by atoms with E-state index in [0.717, 1.165) is 47.4 Å². The van der Waals surface area contributed by atoms with Crippen LogP contribution in [0.15, 0.2) is 61.1 Å². The Morgan fingerprint density at radius 3 is 2.45 bits per heavy atom. The molecule has 0 bridgehead atoms. The zero-order chi connectivity index (χ0) is 22.0. The lowest BCUT2D eigenvalue weighted by Gasteiger charge is -2.15. The smallest absolute Gasteiger partial charge is 0.177 e. The molecule has 0 amide bonds. The van der Waals surface area contributed by atoms with Crippen molar-refractivity contribution in [3.8, 4) is 10.7 Å². The summed E-state index contributed by atoms with van der Waals surface area (Å²) in [5.41, 5.74) is 2.73. The van der Waals surface area contributed by atoms with Gasteiger partial charge >= 0.3 is 0 Å². The van der Waals surface area contributed by atoms with Gasteiger partial charge in [0.1, 0.15) is 11.6 Å². The van der Waals surface area contributed by atoms with Crippen molar-refractivity contribution >= 4 is 17.2 Å². The topological polar surface area (TPSA) is 37.8 Å². The fourth-order valence-corrected chi connectivity index (χ4v) is 3.30. The number of nitrogens with zero attached hydrogens (tertiary/aromatic N) is 2. The average Bonchev–Trinajstić information content (AvgIpc) is 3.16. The Hall–Kier alpha value is -2.60. The maximum absolute atomic E-state index is 14.5. The summed E-state index contributed by atoms with van der Waals surface area (Å²) in [5.74, 6) is 0.497. The van der Waals surface area contributed by atoms with Gasteiger partial charge in [-0.2, -0.15) is 4.39 Å². The molecule has 6 heteroatoms. The Morgan fingerprint density at radius 1 is 1.24 bits per heavy atom. The predicted octanol–water partition coefficient (Wildman–Crippen LogP) is 7.54. The molecule has 2 heterocycles. The maximum atomic E-state index is 14.5. The highest BCUT2D eigenvalue weighted by Crippen LogP contribution is 2.29. The number of nitrogens with one attached hydrogen (secondary N) is 1. The Morgan fingerprint density at radius 2 is 1.93 bits per heavy atom. The molecule has 1 N–H and O–H groups in total. The monoisotopic (exact) mass is 417 g/mol. The Balaban J connectivity index is 0.00000204. The largest absolute Gasteiger partial charge is 0.338 e. The summed E-state index contributed by atoms with van der Waals surface area (Å²) in [4.78, 5) is 9.67. The molecule has 0 unspecified atom stereocenters. The van der Waals surface area contributed by atoms with Crippen molar-refractivity contribution in [3.63, 3.8) is 0 Å². The summed E-state index contributed by atoms with van der Waals surface area (Å²) < 4.78 is 27.9. The molecular weight excluding hydrogens is 388 g/mol. The summed E-state index contributed by atoms with van der Waals surface area (Å²) in [6.07, 6.45) is 5.72. The summed E-state index contributed by atoms with van der Waals surface area (Å²) in [6, 6.07) is 3.03. The van der Waals surface area contributed by atoms with Crippen LogP contribution in [-0.2, 0) is 6.42 Å². The lowest BCUT2D eigenvalue weighted by Crippen LogP contribution is -2.09. The van der Waals surface area contributed by atoms with Crippen LogP contribution in [0, 0.1) is 12.1 Å². The van der Waals surface area contributed by atoms with Crippen molar-refractivity contribution in [3.05, 3.63) is 77.5 Å². The zero-order valence-electron chi connectivity index (χ0n) is 17.6. The van der Waals surface area contributed by atoms with E-state index in [0.29, 0.717) is 16.5 Å². The molecule has 3 nitrogen and oxygen atoms in total. The number of hydrogen-bond acceptors (Lipinski definition) is 4. The van der Waals surface area contributed by atoms with Crippen LogP contribution in [0.5, 0.6) is 0 Å². The predicted molar refractivity (Wildman–Crippen MR) is 121 cm³/mol. The molecule has 2 rings (SSSR count). The fourth-order valence-electron chi connectivity index (χ4n) is 2.64. The molecule has 0 saturated heterocycles. The molecule has 29 heavy (non-hydrogen) atoms. The van der Waals surface area contributed by atoms with Gasteiger partial charge in [-0.15, -0.1) is 24.5 Å². The van der Waals surface area contributed by atoms with Gasteiger partial charge in [0.15, 0.2) is 11.0 Å². The number of rotatable bonds is 8. The molecule has 0 radical (unpaired) electrons. The fraction of sp³-hybridized carbons (Fsp3) is 0.304. The van der Waals surface area contributed by atoms with Crippen molar-refractivity contribution in [2.45, 2.75) is 47.0 Å². The minimum absolute atomic E-state index is 0.140. The first-order chi connectivity index (χ1) is 13.9. The van der Waals surface area contributed by atoms with Gasteiger partial charge in [-0.05, 0) is 50.5 Å². The first kappa shape index (κ1) is 24.4. The van der Waals surface area contributed by atoms with Gasteiger partial charge in [0.2, 0.25) is 0 Å². The van der Waals surface area contributed by atoms with E-state index in [1.54, 1.807) is 6.07 Å². The molecular formula is C23H29F2N3S. The molecule has 0 aliphatic rings. The summed E-state index contributed by atoms with van der Waals surface area (Å²) in [7, 11) is 0. The molecule has 0 aliphatic heterocycles. The molecule has 0 aliphatic carbocycles. The van der Waals surface area contributed by atoms with E-state index >= 15 is 0 Å². The first-order valence-electron chi connectivity index (χ1n) is 9.51. The van der Waals surface area contributed by atoms with Gasteiger partial charge in [-0.3, -0.25) is 0 Å². The second-order valence-electron chi connectivity index (χ2n) is 6.13. The van der Waals surface area contributed by atoms with Crippen molar-refractivity contribution in [2.75, 3.05) is 5.32 Å². The van der Waals surface area contributed by atoms with Crippen molar-refractivity contribution in [2.24, 2.45) is 0 Å². The van der Waals surface area contributed by atoms with E-state index in [4.69, 9.17) is 0 Å². The summed E-state index contributed by atoms with van der Waals surface area (Å²) >= 11 is 0.982. The van der Waals surface area contributed by atoms with Crippen molar-refractivity contribution in [1.82, 2.24) is 9.97 Å². The number of aryl methyl sites for hydroxylation is 1. The third-order valence-electron chi connectivity index (χ3n) is 4.16. The highest BCUT2D eigenvalue weighted by molar-refractivity contribution is 7.13. The van der Waals surface area contributed by atoms with E-state index in [-0.39, 0.29) is 10.8 Å². The van der Waals surface area contributed by atoms with Crippen LogP contribution >= 0.6 is 11.3 Å². The second kappa shape index (κ2) is 12.1. The quantitative estimate of drug-likeness (QED) is 0.356. The van der Waals surface area contributed by atoms with E-state index in [1.807, 2.05) is 26.8 Å². The van der Waals surface area contributed by atoms with Crippen LogP contribution in [-0.4, -0.2) is 9.97 Å². The molecule has 2 aromatic rings. The van der Waals surface area contributed by atoms with E-state index < -0.39 is 5.83 Å². The molecule has 0 saturated carbocycles. The number of halogens is 2. The Kier molecular flexibility index (Phi) is 10.2. The van der Waals surface area contributed by atoms with E-state index in [9.17, 15) is 8.78 Å². The van der Waals surface area contributed by atoms with Gasteiger partial charge in [0, 0.05) is 11.3 Å². The third-order valence-corrected chi connectivity index (χ3v) is 5.03. The first-order valence-corrected chi connectivity index (χ1v) is 10.3. The number of hydrogen-bond donors (Lipinski definition) is 1. The minimum Gasteiger partial charge on any atom is -0.338 e. The number of aromatic nitrogens is 2. The van der Waals surface area contributed by atoms with Gasteiger partial charge in [0.25, 0.3) is 0 Å². The zero-order valence-corrected chi connectivity index (χ0v) is 18.4. The number of allylic oxidation sites excluding steroid dienone is 4. The molecule has 156 valence electrons.